The fraction of sp³-hybridized carbons (Fsp3) is 0.667. The van der Waals surface area contributed by atoms with Gasteiger partial charge >= 0.3 is 0 Å². The van der Waals surface area contributed by atoms with E-state index >= 15 is 0 Å². The number of nitrogens with zero attached hydrogens (tertiary/aromatic N) is 1. The monoisotopic (exact) mass is 296 g/mol. The molecule has 1 aromatic rings. The van der Waals surface area contributed by atoms with Gasteiger partial charge in [-0.15, -0.1) is 0 Å². The molecule has 1 saturated heterocycles. The zero-order chi connectivity index (χ0) is 14.7. The van der Waals surface area contributed by atoms with Crippen molar-refractivity contribution in [1.82, 2.24) is 10.2 Å². The molecule has 1 aliphatic heterocycles. The van der Waals surface area contributed by atoms with Crippen LogP contribution in [0.25, 0.3) is 0 Å². The van der Waals surface area contributed by atoms with E-state index in [0.717, 1.165) is 5.56 Å². The van der Waals surface area contributed by atoms with Gasteiger partial charge in [0.2, 0.25) is 5.91 Å². The second-order valence-electron chi connectivity index (χ2n) is 5.60. The van der Waals surface area contributed by atoms with Crippen molar-refractivity contribution in [1.29, 1.82) is 0 Å². The molecule has 0 spiro atoms. The Morgan fingerprint density at radius 2 is 2.20 bits per heavy atom. The summed E-state index contributed by atoms with van der Waals surface area (Å²) >= 11 is 1.66. The van der Waals surface area contributed by atoms with Gasteiger partial charge in [-0.05, 0) is 42.2 Å². The molecule has 0 aromatic carbocycles. The van der Waals surface area contributed by atoms with Crippen LogP contribution in [0.15, 0.2) is 16.8 Å². The lowest BCUT2D eigenvalue weighted by Gasteiger charge is -2.26. The third kappa shape index (κ3) is 3.22. The fourth-order valence-corrected chi connectivity index (χ4v) is 3.31. The van der Waals surface area contributed by atoms with Gasteiger partial charge in [-0.3, -0.25) is 10.1 Å². The van der Waals surface area contributed by atoms with Gasteiger partial charge in [0.25, 0.3) is 0 Å². The van der Waals surface area contributed by atoms with Crippen molar-refractivity contribution in [3.63, 3.8) is 0 Å². The summed E-state index contributed by atoms with van der Waals surface area (Å²) in [5, 5.41) is 7.62. The Bertz CT molecular complexity index is 433. The van der Waals surface area contributed by atoms with Crippen molar-refractivity contribution in [2.24, 2.45) is 5.92 Å². The van der Waals surface area contributed by atoms with Crippen molar-refractivity contribution in [2.75, 3.05) is 13.2 Å². The second kappa shape index (κ2) is 6.70. The van der Waals surface area contributed by atoms with E-state index in [0.29, 0.717) is 13.2 Å². The van der Waals surface area contributed by atoms with E-state index in [1.807, 2.05) is 24.1 Å². The molecule has 20 heavy (non-hydrogen) atoms. The predicted molar refractivity (Wildman–Crippen MR) is 81.6 cm³/mol. The normalized spacial score (nSPS) is 24.6. The van der Waals surface area contributed by atoms with E-state index in [9.17, 15) is 4.79 Å². The summed E-state index contributed by atoms with van der Waals surface area (Å²) in [5.41, 5.74) is 1.16. The average Bonchev–Trinajstić information content (AvgIpc) is 2.99. The molecule has 5 heteroatoms. The average molecular weight is 296 g/mol. The minimum absolute atomic E-state index is 0.0240. The topological polar surface area (TPSA) is 41.6 Å². The molecule has 3 atom stereocenters. The molecule has 2 heterocycles. The number of carbonyl (C=O) groups excluding carboxylic acids is 1. The summed E-state index contributed by atoms with van der Waals surface area (Å²) in [5.74, 6) is 0.471. The van der Waals surface area contributed by atoms with Crippen molar-refractivity contribution in [3.8, 4) is 0 Å². The molecule has 1 N–H and O–H groups in total. The lowest BCUT2D eigenvalue weighted by atomic mass is 10.1. The Labute approximate surface area is 125 Å². The summed E-state index contributed by atoms with van der Waals surface area (Å²) in [7, 11) is 0. The number of nitrogens with one attached hydrogen (secondary N) is 1. The highest BCUT2D eigenvalue weighted by atomic mass is 32.1. The molecule has 0 radical (unpaired) electrons. The van der Waals surface area contributed by atoms with Crippen molar-refractivity contribution in [3.05, 3.63) is 22.4 Å². The lowest BCUT2D eigenvalue weighted by molar-refractivity contribution is -0.132. The molecule has 1 aliphatic rings. The zero-order valence-electron chi connectivity index (χ0n) is 12.6. The standard InChI is InChI=1S/C15H24N2O2S/c1-5-19-11(4)8-17-14(12-6-7-20-9-12)16-13(10(2)3)15(17)18/h6-7,9-11,13-14,16H,5,8H2,1-4H3. The fourth-order valence-electron chi connectivity index (χ4n) is 2.63. The highest BCUT2D eigenvalue weighted by Gasteiger charge is 2.41. The minimum atomic E-state index is -0.103. The first-order chi connectivity index (χ1) is 9.54. The molecule has 1 amide bonds. The number of rotatable bonds is 6. The molecule has 1 fully saturated rings. The molecule has 4 nitrogen and oxygen atoms in total. The number of hydrogen-bond acceptors (Lipinski definition) is 4. The quantitative estimate of drug-likeness (QED) is 0.877. The van der Waals surface area contributed by atoms with Gasteiger partial charge in [0.05, 0.1) is 12.1 Å². The zero-order valence-corrected chi connectivity index (χ0v) is 13.4. The largest absolute Gasteiger partial charge is 0.377 e. The maximum Gasteiger partial charge on any atom is 0.241 e. The van der Waals surface area contributed by atoms with Crippen molar-refractivity contribution >= 4 is 17.2 Å². The van der Waals surface area contributed by atoms with Crippen LogP contribution in [-0.4, -0.2) is 36.1 Å². The molecule has 112 valence electrons. The summed E-state index contributed by atoms with van der Waals surface area (Å²) < 4.78 is 5.59. The Balaban J connectivity index is 2.17. The molecule has 0 saturated carbocycles. The number of hydrogen-bond donors (Lipinski definition) is 1. The van der Waals surface area contributed by atoms with Crippen LogP contribution in [0.2, 0.25) is 0 Å². The Hall–Kier alpha value is -0.910. The van der Waals surface area contributed by atoms with Crippen LogP contribution in [-0.2, 0) is 9.53 Å². The molecule has 2 rings (SSSR count). The molecule has 3 unspecified atom stereocenters. The van der Waals surface area contributed by atoms with Gasteiger partial charge in [-0.2, -0.15) is 11.3 Å². The number of carbonyl (C=O) groups is 1. The van der Waals surface area contributed by atoms with Crippen LogP contribution >= 0.6 is 11.3 Å². The molecular formula is C15H24N2O2S. The molecule has 0 aliphatic carbocycles. The van der Waals surface area contributed by atoms with Crippen LogP contribution in [0.4, 0.5) is 0 Å². The van der Waals surface area contributed by atoms with Crippen LogP contribution in [0.3, 0.4) is 0 Å². The van der Waals surface area contributed by atoms with E-state index in [2.05, 4.69) is 30.6 Å². The Morgan fingerprint density at radius 1 is 1.45 bits per heavy atom. The van der Waals surface area contributed by atoms with Gasteiger partial charge in [0.15, 0.2) is 0 Å². The minimum Gasteiger partial charge on any atom is -0.377 e. The molecule has 1 aromatic heterocycles. The van der Waals surface area contributed by atoms with E-state index in [1.165, 1.54) is 0 Å². The Kier molecular flexibility index (Phi) is 5.18. The summed E-state index contributed by atoms with van der Waals surface area (Å²) in [6.45, 7) is 9.46. The van der Waals surface area contributed by atoms with Gasteiger partial charge in [0, 0.05) is 13.2 Å². The highest BCUT2D eigenvalue weighted by molar-refractivity contribution is 7.07. The van der Waals surface area contributed by atoms with Crippen LogP contribution in [0, 0.1) is 5.92 Å². The highest BCUT2D eigenvalue weighted by Crippen LogP contribution is 2.29. The predicted octanol–water partition coefficient (Wildman–Crippen LogP) is 2.63. The van der Waals surface area contributed by atoms with Gasteiger partial charge in [0.1, 0.15) is 6.17 Å². The van der Waals surface area contributed by atoms with Crippen molar-refractivity contribution in [2.45, 2.75) is 46.0 Å². The third-order valence-corrected chi connectivity index (χ3v) is 4.33. The Morgan fingerprint density at radius 3 is 2.75 bits per heavy atom. The summed E-state index contributed by atoms with van der Waals surface area (Å²) in [4.78, 5) is 14.5. The first-order valence-electron chi connectivity index (χ1n) is 7.24. The maximum absolute atomic E-state index is 12.6. The van der Waals surface area contributed by atoms with E-state index in [1.54, 1.807) is 11.3 Å². The first kappa shape index (κ1) is 15.5. The van der Waals surface area contributed by atoms with Crippen molar-refractivity contribution < 1.29 is 9.53 Å². The SMILES string of the molecule is CCOC(C)CN1C(=O)C(C(C)C)NC1c1ccsc1. The van der Waals surface area contributed by atoms with E-state index < -0.39 is 0 Å². The number of amides is 1. The van der Waals surface area contributed by atoms with Crippen LogP contribution in [0.5, 0.6) is 0 Å². The van der Waals surface area contributed by atoms with Crippen LogP contribution < -0.4 is 5.32 Å². The maximum atomic E-state index is 12.6. The second-order valence-corrected chi connectivity index (χ2v) is 6.38. The van der Waals surface area contributed by atoms with E-state index in [-0.39, 0.29) is 30.1 Å². The van der Waals surface area contributed by atoms with Gasteiger partial charge in [-0.1, -0.05) is 13.8 Å². The summed E-state index contributed by atoms with van der Waals surface area (Å²) in [6, 6.07) is 1.98. The molecule has 0 bridgehead atoms. The van der Waals surface area contributed by atoms with E-state index in [4.69, 9.17) is 4.74 Å². The smallest absolute Gasteiger partial charge is 0.241 e. The number of thiophene rings is 1. The third-order valence-electron chi connectivity index (χ3n) is 3.63. The molecular weight excluding hydrogens is 272 g/mol. The lowest BCUT2D eigenvalue weighted by Crippen LogP contribution is -2.38. The van der Waals surface area contributed by atoms with Crippen LogP contribution in [0.1, 0.15) is 39.4 Å². The van der Waals surface area contributed by atoms with Gasteiger partial charge < -0.3 is 9.64 Å². The number of ether oxygens (including phenoxy) is 1. The van der Waals surface area contributed by atoms with Gasteiger partial charge in [-0.25, -0.2) is 0 Å². The first-order valence-corrected chi connectivity index (χ1v) is 8.19. The summed E-state index contributed by atoms with van der Waals surface area (Å²) in [6.07, 6.45) is 0.0295.